The molecule has 1 heterocycles. The van der Waals surface area contributed by atoms with Gasteiger partial charge in [-0.05, 0) is 49.6 Å². The Balaban J connectivity index is 2.33. The Hall–Kier alpha value is -1.58. The number of hydrogen-bond acceptors (Lipinski definition) is 3. The van der Waals surface area contributed by atoms with Gasteiger partial charge in [-0.15, -0.1) is 0 Å². The monoisotopic (exact) mass is 290 g/mol. The second kappa shape index (κ2) is 6.25. The first-order valence-electron chi connectivity index (χ1n) is 6.61. The van der Waals surface area contributed by atoms with Crippen molar-refractivity contribution in [3.05, 3.63) is 58.4 Å². The average molecular weight is 291 g/mol. The lowest BCUT2D eigenvalue weighted by molar-refractivity contribution is 0.241. The van der Waals surface area contributed by atoms with Crippen molar-refractivity contribution in [2.24, 2.45) is 5.73 Å². The van der Waals surface area contributed by atoms with Crippen LogP contribution in [0.5, 0.6) is 5.75 Å². The maximum absolute atomic E-state index is 6.33. The number of pyridine rings is 1. The zero-order chi connectivity index (χ0) is 14.7. The van der Waals surface area contributed by atoms with E-state index in [0.717, 1.165) is 27.5 Å². The van der Waals surface area contributed by atoms with Crippen LogP contribution in [0.4, 0.5) is 0 Å². The molecule has 0 aliphatic carbocycles. The van der Waals surface area contributed by atoms with Gasteiger partial charge in [0.05, 0.1) is 18.3 Å². The molecule has 0 aliphatic rings. The molecule has 2 N–H and O–H groups in total. The van der Waals surface area contributed by atoms with Gasteiger partial charge in [0.15, 0.2) is 0 Å². The molecule has 4 heteroatoms. The van der Waals surface area contributed by atoms with Crippen LogP contribution in [0.1, 0.15) is 36.6 Å². The molecule has 3 nitrogen and oxygen atoms in total. The lowest BCUT2D eigenvalue weighted by Gasteiger charge is -2.17. The SMILES string of the molecule is Cc1c(Cl)cccc1C(N)c1cncc(OC(C)C)c1. The highest BCUT2D eigenvalue weighted by atomic mass is 35.5. The quantitative estimate of drug-likeness (QED) is 0.929. The van der Waals surface area contributed by atoms with Gasteiger partial charge in [0, 0.05) is 11.2 Å². The van der Waals surface area contributed by atoms with Crippen molar-refractivity contribution in [1.82, 2.24) is 4.98 Å². The zero-order valence-corrected chi connectivity index (χ0v) is 12.7. The van der Waals surface area contributed by atoms with Gasteiger partial charge in [0.1, 0.15) is 5.75 Å². The van der Waals surface area contributed by atoms with Gasteiger partial charge in [-0.1, -0.05) is 23.7 Å². The fraction of sp³-hybridized carbons (Fsp3) is 0.312. The Morgan fingerprint density at radius 2 is 2.00 bits per heavy atom. The Kier molecular flexibility index (Phi) is 4.63. The third-order valence-electron chi connectivity index (χ3n) is 3.11. The van der Waals surface area contributed by atoms with Crippen molar-refractivity contribution < 1.29 is 4.74 Å². The number of halogens is 1. The van der Waals surface area contributed by atoms with Crippen molar-refractivity contribution in [3.63, 3.8) is 0 Å². The first kappa shape index (κ1) is 14.8. The summed E-state index contributed by atoms with van der Waals surface area (Å²) in [5.41, 5.74) is 9.24. The van der Waals surface area contributed by atoms with E-state index < -0.39 is 0 Å². The molecule has 1 unspecified atom stereocenters. The summed E-state index contributed by atoms with van der Waals surface area (Å²) in [6.07, 6.45) is 3.57. The first-order valence-corrected chi connectivity index (χ1v) is 6.99. The van der Waals surface area contributed by atoms with E-state index in [9.17, 15) is 0 Å². The lowest BCUT2D eigenvalue weighted by Crippen LogP contribution is -2.14. The van der Waals surface area contributed by atoms with Crippen LogP contribution in [0.15, 0.2) is 36.7 Å². The molecular weight excluding hydrogens is 272 g/mol. The molecule has 1 aromatic heterocycles. The van der Waals surface area contributed by atoms with Gasteiger partial charge in [-0.25, -0.2) is 0 Å². The Morgan fingerprint density at radius 3 is 2.70 bits per heavy atom. The minimum atomic E-state index is -0.267. The van der Waals surface area contributed by atoms with Crippen LogP contribution in [-0.4, -0.2) is 11.1 Å². The highest BCUT2D eigenvalue weighted by Crippen LogP contribution is 2.28. The smallest absolute Gasteiger partial charge is 0.138 e. The van der Waals surface area contributed by atoms with E-state index in [1.807, 2.05) is 45.0 Å². The molecule has 0 aliphatic heterocycles. The normalized spacial score (nSPS) is 12.5. The number of nitrogens with two attached hydrogens (primary N) is 1. The van der Waals surface area contributed by atoms with Gasteiger partial charge >= 0.3 is 0 Å². The molecule has 2 rings (SSSR count). The van der Waals surface area contributed by atoms with Crippen molar-refractivity contribution in [2.45, 2.75) is 32.9 Å². The van der Waals surface area contributed by atoms with E-state index in [-0.39, 0.29) is 12.1 Å². The number of nitrogens with zero attached hydrogens (tertiary/aromatic N) is 1. The number of aromatic nitrogens is 1. The van der Waals surface area contributed by atoms with Crippen LogP contribution in [0.2, 0.25) is 5.02 Å². The van der Waals surface area contributed by atoms with E-state index in [4.69, 9.17) is 22.1 Å². The summed E-state index contributed by atoms with van der Waals surface area (Å²) in [6.45, 7) is 5.93. The molecule has 0 amide bonds. The van der Waals surface area contributed by atoms with Crippen LogP contribution in [-0.2, 0) is 0 Å². The topological polar surface area (TPSA) is 48.1 Å². The summed E-state index contributed by atoms with van der Waals surface area (Å²) < 4.78 is 5.65. The molecule has 20 heavy (non-hydrogen) atoms. The Bertz CT molecular complexity index is 599. The first-order chi connectivity index (χ1) is 9.49. The molecule has 0 saturated heterocycles. The van der Waals surface area contributed by atoms with Gasteiger partial charge in [-0.3, -0.25) is 4.98 Å². The summed E-state index contributed by atoms with van der Waals surface area (Å²) in [6, 6.07) is 7.42. The largest absolute Gasteiger partial charge is 0.489 e. The fourth-order valence-corrected chi connectivity index (χ4v) is 2.26. The summed E-state index contributed by atoms with van der Waals surface area (Å²) in [7, 11) is 0. The predicted octanol–water partition coefficient (Wildman–Crippen LogP) is 3.88. The van der Waals surface area contributed by atoms with E-state index >= 15 is 0 Å². The van der Waals surface area contributed by atoms with Crippen LogP contribution in [0, 0.1) is 6.92 Å². The molecule has 1 atom stereocenters. The maximum atomic E-state index is 6.33. The second-order valence-corrected chi connectivity index (χ2v) is 5.46. The van der Waals surface area contributed by atoms with Crippen molar-refractivity contribution in [3.8, 4) is 5.75 Å². The third kappa shape index (κ3) is 3.30. The van der Waals surface area contributed by atoms with E-state index in [1.165, 1.54) is 0 Å². The Labute approximate surface area is 124 Å². The van der Waals surface area contributed by atoms with Crippen molar-refractivity contribution >= 4 is 11.6 Å². The van der Waals surface area contributed by atoms with Crippen molar-refractivity contribution in [1.29, 1.82) is 0 Å². The van der Waals surface area contributed by atoms with Gasteiger partial charge < -0.3 is 10.5 Å². The van der Waals surface area contributed by atoms with Gasteiger partial charge in [0.25, 0.3) is 0 Å². The van der Waals surface area contributed by atoms with Crippen molar-refractivity contribution in [2.75, 3.05) is 0 Å². The highest BCUT2D eigenvalue weighted by Gasteiger charge is 2.14. The molecule has 0 saturated carbocycles. The lowest BCUT2D eigenvalue weighted by atomic mass is 9.97. The average Bonchev–Trinajstić information content (AvgIpc) is 2.41. The molecule has 1 aromatic carbocycles. The molecule has 106 valence electrons. The van der Waals surface area contributed by atoms with E-state index in [1.54, 1.807) is 12.4 Å². The molecule has 0 spiro atoms. The summed E-state index contributed by atoms with van der Waals surface area (Å²) >= 11 is 6.15. The standard InChI is InChI=1S/C16H19ClN2O/c1-10(2)20-13-7-12(8-19-9-13)16(18)14-5-4-6-15(17)11(14)3/h4-10,16H,18H2,1-3H3. The predicted molar refractivity (Wildman–Crippen MR) is 82.2 cm³/mol. The molecule has 0 fully saturated rings. The Morgan fingerprint density at radius 1 is 1.25 bits per heavy atom. The molecular formula is C16H19ClN2O. The number of hydrogen-bond donors (Lipinski definition) is 1. The minimum absolute atomic E-state index is 0.108. The molecule has 2 aromatic rings. The maximum Gasteiger partial charge on any atom is 0.138 e. The summed E-state index contributed by atoms with van der Waals surface area (Å²) in [5.74, 6) is 0.729. The minimum Gasteiger partial charge on any atom is -0.489 e. The summed E-state index contributed by atoms with van der Waals surface area (Å²) in [4.78, 5) is 4.20. The fourth-order valence-electron chi connectivity index (χ4n) is 2.08. The molecule has 0 radical (unpaired) electrons. The highest BCUT2D eigenvalue weighted by molar-refractivity contribution is 6.31. The van der Waals surface area contributed by atoms with Crippen LogP contribution in [0.3, 0.4) is 0 Å². The molecule has 0 bridgehead atoms. The summed E-state index contributed by atoms with van der Waals surface area (Å²) in [5, 5.41) is 0.723. The van der Waals surface area contributed by atoms with Crippen LogP contribution >= 0.6 is 11.6 Å². The third-order valence-corrected chi connectivity index (χ3v) is 3.52. The second-order valence-electron chi connectivity index (χ2n) is 5.05. The van der Waals surface area contributed by atoms with E-state index in [2.05, 4.69) is 4.98 Å². The number of benzene rings is 1. The van der Waals surface area contributed by atoms with Crippen LogP contribution in [0.25, 0.3) is 0 Å². The van der Waals surface area contributed by atoms with E-state index in [0.29, 0.717) is 0 Å². The van der Waals surface area contributed by atoms with Crippen LogP contribution < -0.4 is 10.5 Å². The number of ether oxygens (including phenoxy) is 1. The van der Waals surface area contributed by atoms with Gasteiger partial charge in [0.2, 0.25) is 0 Å². The van der Waals surface area contributed by atoms with Gasteiger partial charge in [-0.2, -0.15) is 0 Å². The number of rotatable bonds is 4. The zero-order valence-electron chi connectivity index (χ0n) is 11.9.